The van der Waals surface area contributed by atoms with E-state index < -0.39 is 0 Å². The van der Waals surface area contributed by atoms with Crippen LogP contribution in [0.5, 0.6) is 0 Å². The molecule has 1 aliphatic heterocycles. The lowest BCUT2D eigenvalue weighted by molar-refractivity contribution is 0.0984. The van der Waals surface area contributed by atoms with Gasteiger partial charge in [-0.05, 0) is 53.1 Å². The number of nitrogens with zero attached hydrogens (tertiary/aromatic N) is 3. The van der Waals surface area contributed by atoms with E-state index in [4.69, 9.17) is 11.6 Å². The van der Waals surface area contributed by atoms with E-state index in [0.29, 0.717) is 29.9 Å². The lowest BCUT2D eigenvalue weighted by Crippen LogP contribution is -2.31. The topological polar surface area (TPSA) is 67.2 Å². The largest absolute Gasteiger partial charge is 0.322 e. The Bertz CT molecular complexity index is 1660. The maximum Gasteiger partial charge on any atom is 0.260 e. The Kier molecular flexibility index (Phi) is 6.23. The second-order valence-electron chi connectivity index (χ2n) is 9.06. The first-order chi connectivity index (χ1) is 18.6. The number of fused-ring (bicyclic) bond motifs is 2. The van der Waals surface area contributed by atoms with Gasteiger partial charge in [-0.25, -0.2) is 0 Å². The number of carbonyl (C=O) groups excluding carboxylic acids is 2. The summed E-state index contributed by atoms with van der Waals surface area (Å²) >= 11 is 6.63. The highest BCUT2D eigenvalue weighted by atomic mass is 35.5. The van der Waals surface area contributed by atoms with Gasteiger partial charge in [-0.3, -0.25) is 14.3 Å². The average molecular weight is 519 g/mol. The second-order valence-corrected chi connectivity index (χ2v) is 9.47. The number of para-hydroxylation sites is 1. The van der Waals surface area contributed by atoms with Crippen LogP contribution in [0.1, 0.15) is 32.0 Å². The van der Waals surface area contributed by atoms with E-state index in [0.717, 1.165) is 28.1 Å². The molecule has 2 heterocycles. The van der Waals surface area contributed by atoms with Crippen LogP contribution in [-0.4, -0.2) is 21.6 Å². The predicted molar refractivity (Wildman–Crippen MR) is 150 cm³/mol. The molecule has 7 heteroatoms. The average Bonchev–Trinajstić information content (AvgIpc) is 3.32. The molecule has 1 aromatic heterocycles. The molecule has 2 amide bonds. The van der Waals surface area contributed by atoms with Crippen LogP contribution >= 0.6 is 11.6 Å². The number of hydrogen-bond donors (Lipinski definition) is 1. The SMILES string of the molecule is O=C(Nc1ccc(C(=O)N2Cc3ccnn3Cc3ccccc32)c(Cl)c1)c1ccccc1-c1ccccc1. The minimum absolute atomic E-state index is 0.218. The molecule has 38 heavy (non-hydrogen) atoms. The molecule has 0 fully saturated rings. The monoisotopic (exact) mass is 518 g/mol. The van der Waals surface area contributed by atoms with Gasteiger partial charge >= 0.3 is 0 Å². The molecule has 0 saturated heterocycles. The van der Waals surface area contributed by atoms with Crippen LogP contribution in [0.4, 0.5) is 11.4 Å². The molecule has 1 aliphatic rings. The molecule has 0 spiro atoms. The predicted octanol–water partition coefficient (Wildman–Crippen LogP) is 6.66. The summed E-state index contributed by atoms with van der Waals surface area (Å²) in [5.74, 6) is -0.473. The molecule has 0 bridgehead atoms. The Morgan fingerprint density at radius 3 is 2.39 bits per heavy atom. The number of rotatable bonds is 4. The van der Waals surface area contributed by atoms with E-state index in [9.17, 15) is 9.59 Å². The maximum absolute atomic E-state index is 13.7. The summed E-state index contributed by atoms with van der Waals surface area (Å²) in [6, 6.07) is 31.9. The molecule has 6 rings (SSSR count). The van der Waals surface area contributed by atoms with Crippen molar-refractivity contribution in [1.29, 1.82) is 0 Å². The number of benzene rings is 4. The van der Waals surface area contributed by atoms with Gasteiger partial charge in [0.25, 0.3) is 11.8 Å². The highest BCUT2D eigenvalue weighted by Crippen LogP contribution is 2.31. The first kappa shape index (κ1) is 23.7. The fraction of sp³-hybridized carbons (Fsp3) is 0.0645. The molecule has 186 valence electrons. The van der Waals surface area contributed by atoms with Crippen molar-refractivity contribution in [2.75, 3.05) is 10.2 Å². The van der Waals surface area contributed by atoms with E-state index in [1.54, 1.807) is 35.4 Å². The van der Waals surface area contributed by atoms with Crippen LogP contribution < -0.4 is 10.2 Å². The van der Waals surface area contributed by atoms with Crippen molar-refractivity contribution >= 4 is 34.8 Å². The first-order valence-electron chi connectivity index (χ1n) is 12.2. The molecule has 4 aromatic carbocycles. The summed E-state index contributed by atoms with van der Waals surface area (Å²) in [6.07, 6.45) is 1.74. The number of halogens is 1. The van der Waals surface area contributed by atoms with Crippen LogP contribution in [0.2, 0.25) is 5.02 Å². The summed E-state index contributed by atoms with van der Waals surface area (Å²) in [5.41, 5.74) is 5.97. The van der Waals surface area contributed by atoms with Crippen molar-refractivity contribution in [2.24, 2.45) is 0 Å². The third kappa shape index (κ3) is 4.46. The Morgan fingerprint density at radius 1 is 0.789 bits per heavy atom. The minimum atomic E-state index is -0.255. The molecular weight excluding hydrogens is 496 g/mol. The van der Waals surface area contributed by atoms with Gasteiger partial charge in [0.15, 0.2) is 0 Å². The number of nitrogens with one attached hydrogen (secondary N) is 1. The summed E-state index contributed by atoms with van der Waals surface area (Å²) < 4.78 is 1.90. The minimum Gasteiger partial charge on any atom is -0.322 e. The van der Waals surface area contributed by atoms with Crippen molar-refractivity contribution in [3.8, 4) is 11.1 Å². The van der Waals surface area contributed by atoms with Gasteiger partial charge in [0.1, 0.15) is 0 Å². The highest BCUT2D eigenvalue weighted by molar-refractivity contribution is 6.35. The molecule has 0 unspecified atom stereocenters. The zero-order valence-corrected chi connectivity index (χ0v) is 21.1. The summed E-state index contributed by atoms with van der Waals surface area (Å²) in [6.45, 7) is 0.965. The fourth-order valence-electron chi connectivity index (χ4n) is 4.80. The van der Waals surface area contributed by atoms with Gasteiger partial charge in [-0.2, -0.15) is 5.10 Å². The van der Waals surface area contributed by atoms with Crippen molar-refractivity contribution in [2.45, 2.75) is 13.1 Å². The van der Waals surface area contributed by atoms with Gasteiger partial charge in [0.05, 0.1) is 29.4 Å². The molecular formula is C31H23ClN4O2. The van der Waals surface area contributed by atoms with Crippen LogP contribution in [0.25, 0.3) is 11.1 Å². The molecule has 1 N–H and O–H groups in total. The molecule has 0 aliphatic carbocycles. The lowest BCUT2D eigenvalue weighted by Gasteiger charge is -2.23. The first-order valence-corrected chi connectivity index (χ1v) is 12.6. The number of amides is 2. The van der Waals surface area contributed by atoms with Gasteiger partial charge in [0.2, 0.25) is 0 Å². The number of hydrogen-bond acceptors (Lipinski definition) is 3. The van der Waals surface area contributed by atoms with E-state index in [1.165, 1.54) is 0 Å². The molecule has 0 radical (unpaired) electrons. The van der Waals surface area contributed by atoms with Gasteiger partial charge < -0.3 is 10.2 Å². The number of anilines is 2. The fourth-order valence-corrected chi connectivity index (χ4v) is 5.06. The van der Waals surface area contributed by atoms with E-state index >= 15 is 0 Å². The van der Waals surface area contributed by atoms with Crippen LogP contribution in [0, 0.1) is 0 Å². The third-order valence-corrected chi connectivity index (χ3v) is 7.00. The van der Waals surface area contributed by atoms with Crippen molar-refractivity contribution in [1.82, 2.24) is 9.78 Å². The van der Waals surface area contributed by atoms with E-state index in [-0.39, 0.29) is 16.8 Å². The standard InChI is InChI=1S/C31H23ClN4O2/c32-28-18-23(34-30(37)26-12-6-5-11-25(26)21-8-2-1-3-9-21)14-15-27(28)31(38)35-20-24-16-17-33-36(24)19-22-10-4-7-13-29(22)35/h1-18H,19-20H2,(H,34,37). The molecule has 5 aromatic rings. The van der Waals surface area contributed by atoms with Gasteiger partial charge in [0, 0.05) is 23.1 Å². The van der Waals surface area contributed by atoms with Crippen molar-refractivity contribution < 1.29 is 9.59 Å². The summed E-state index contributed by atoms with van der Waals surface area (Å²) in [4.78, 5) is 28.7. The summed E-state index contributed by atoms with van der Waals surface area (Å²) in [7, 11) is 0. The second kappa shape index (κ2) is 10.00. The smallest absolute Gasteiger partial charge is 0.260 e. The zero-order chi connectivity index (χ0) is 26.1. The maximum atomic E-state index is 13.7. The van der Waals surface area contributed by atoms with Crippen LogP contribution in [0.3, 0.4) is 0 Å². The van der Waals surface area contributed by atoms with E-state index in [1.807, 2.05) is 83.5 Å². The Morgan fingerprint density at radius 2 is 1.55 bits per heavy atom. The third-order valence-electron chi connectivity index (χ3n) is 6.69. The highest BCUT2D eigenvalue weighted by Gasteiger charge is 2.26. The Labute approximate surface area is 225 Å². The number of carbonyl (C=O) groups is 2. The van der Waals surface area contributed by atoms with Gasteiger partial charge in [-0.1, -0.05) is 78.3 Å². The van der Waals surface area contributed by atoms with Gasteiger partial charge in [-0.15, -0.1) is 0 Å². The van der Waals surface area contributed by atoms with Crippen LogP contribution in [-0.2, 0) is 13.1 Å². The van der Waals surface area contributed by atoms with E-state index in [2.05, 4.69) is 10.4 Å². The Balaban J connectivity index is 1.27. The molecule has 6 nitrogen and oxygen atoms in total. The summed E-state index contributed by atoms with van der Waals surface area (Å²) in [5, 5.41) is 7.60. The Hall–Kier alpha value is -4.68. The molecule has 0 saturated carbocycles. The molecule has 0 atom stereocenters. The van der Waals surface area contributed by atoms with Crippen molar-refractivity contribution in [3.63, 3.8) is 0 Å². The normalized spacial score (nSPS) is 12.3. The zero-order valence-electron chi connectivity index (χ0n) is 20.3. The van der Waals surface area contributed by atoms with Crippen molar-refractivity contribution in [3.05, 3.63) is 137 Å². The lowest BCUT2D eigenvalue weighted by atomic mass is 9.99. The quantitative estimate of drug-likeness (QED) is 0.289. The number of aromatic nitrogens is 2. The van der Waals surface area contributed by atoms with Crippen LogP contribution in [0.15, 0.2) is 109 Å².